The van der Waals surface area contributed by atoms with Crippen LogP contribution in [0.2, 0.25) is 0 Å². The molecule has 4 nitrogen and oxygen atoms in total. The number of halogens is 6. The van der Waals surface area contributed by atoms with E-state index in [9.17, 15) is 35.9 Å². The van der Waals surface area contributed by atoms with Crippen molar-refractivity contribution in [3.05, 3.63) is 59.2 Å². The summed E-state index contributed by atoms with van der Waals surface area (Å²) in [4.78, 5) is 24.3. The van der Waals surface area contributed by atoms with Crippen LogP contribution in [0.5, 0.6) is 5.75 Å². The van der Waals surface area contributed by atoms with Crippen molar-refractivity contribution in [3.63, 3.8) is 0 Å². The van der Waals surface area contributed by atoms with Gasteiger partial charge in [0.25, 0.3) is 5.91 Å². The summed E-state index contributed by atoms with van der Waals surface area (Å²) in [5.41, 5.74) is -4.04. The molecule has 0 aliphatic rings. The van der Waals surface area contributed by atoms with Crippen molar-refractivity contribution in [3.8, 4) is 5.75 Å². The number of anilines is 1. The third-order valence-corrected chi connectivity index (χ3v) is 3.94. The molecule has 0 fully saturated rings. The molecule has 0 unspecified atom stereocenters. The van der Waals surface area contributed by atoms with E-state index in [1.54, 1.807) is 0 Å². The molecule has 30 heavy (non-hydrogen) atoms. The zero-order valence-electron chi connectivity index (χ0n) is 15.7. The van der Waals surface area contributed by atoms with Crippen LogP contribution < -0.4 is 10.1 Å². The highest BCUT2D eigenvalue weighted by Gasteiger charge is 2.37. The van der Waals surface area contributed by atoms with Gasteiger partial charge >= 0.3 is 18.3 Å². The maximum Gasteiger partial charge on any atom is 0.416 e. The third-order valence-electron chi connectivity index (χ3n) is 3.94. The Balaban J connectivity index is 2.33. The van der Waals surface area contributed by atoms with Gasteiger partial charge in [0, 0.05) is 12.1 Å². The van der Waals surface area contributed by atoms with Crippen LogP contribution in [0.15, 0.2) is 42.5 Å². The molecule has 0 atom stereocenters. The number of nitrogens with one attached hydrogen (secondary N) is 1. The number of carbonyl (C=O) groups is 2. The third kappa shape index (κ3) is 6.23. The predicted octanol–water partition coefficient (Wildman–Crippen LogP) is 6.07. The standard InChI is InChI=1S/C20H17F6NO3/c1-2-3-8-17(28)30-16-7-5-4-6-15(16)18(29)27-14-10-12(19(21,22)23)9-13(11-14)20(24,25)26/h4-7,9-11H,2-3,8H2,1H3,(H,27,29). The van der Waals surface area contributed by atoms with E-state index in [0.29, 0.717) is 18.6 Å². The molecule has 0 saturated carbocycles. The van der Waals surface area contributed by atoms with Crippen molar-refractivity contribution in [1.29, 1.82) is 0 Å². The maximum atomic E-state index is 13.0. The first-order chi connectivity index (χ1) is 13.9. The minimum Gasteiger partial charge on any atom is -0.426 e. The van der Waals surface area contributed by atoms with Gasteiger partial charge in [0.1, 0.15) is 5.75 Å². The van der Waals surface area contributed by atoms with E-state index in [2.05, 4.69) is 0 Å². The lowest BCUT2D eigenvalue weighted by Gasteiger charge is -2.15. The Labute approximate surface area is 167 Å². The van der Waals surface area contributed by atoms with Gasteiger partial charge in [-0.1, -0.05) is 25.5 Å². The molecule has 0 saturated heterocycles. The van der Waals surface area contributed by atoms with E-state index >= 15 is 0 Å². The fourth-order valence-corrected chi connectivity index (χ4v) is 2.46. The number of hydrogen-bond donors (Lipinski definition) is 1. The molecule has 10 heteroatoms. The first-order valence-corrected chi connectivity index (χ1v) is 8.82. The molecular formula is C20H17F6NO3. The van der Waals surface area contributed by atoms with E-state index in [1.165, 1.54) is 24.3 Å². The lowest BCUT2D eigenvalue weighted by Crippen LogP contribution is -2.17. The van der Waals surface area contributed by atoms with E-state index in [-0.39, 0.29) is 23.8 Å². The van der Waals surface area contributed by atoms with Crippen molar-refractivity contribution in [2.45, 2.75) is 38.5 Å². The summed E-state index contributed by atoms with van der Waals surface area (Å²) in [7, 11) is 0. The molecule has 2 aromatic rings. The predicted molar refractivity (Wildman–Crippen MR) is 96.0 cm³/mol. The lowest BCUT2D eigenvalue weighted by molar-refractivity contribution is -0.143. The minimum atomic E-state index is -5.05. The van der Waals surface area contributed by atoms with Gasteiger partial charge in [-0.2, -0.15) is 26.3 Å². The molecule has 0 spiro atoms. The number of alkyl halides is 6. The van der Waals surface area contributed by atoms with Crippen molar-refractivity contribution in [1.82, 2.24) is 0 Å². The smallest absolute Gasteiger partial charge is 0.416 e. The zero-order chi connectivity index (χ0) is 22.5. The summed E-state index contributed by atoms with van der Waals surface area (Å²) in [6, 6.07) is 6.14. The Morgan fingerprint density at radius 3 is 2.03 bits per heavy atom. The summed E-state index contributed by atoms with van der Waals surface area (Å²) >= 11 is 0. The number of para-hydroxylation sites is 1. The van der Waals surface area contributed by atoms with E-state index in [1.807, 2.05) is 12.2 Å². The highest BCUT2D eigenvalue weighted by molar-refractivity contribution is 6.06. The highest BCUT2D eigenvalue weighted by Crippen LogP contribution is 2.37. The summed E-state index contributed by atoms with van der Waals surface area (Å²) < 4.78 is 82.9. The molecule has 0 radical (unpaired) electrons. The Morgan fingerprint density at radius 1 is 0.933 bits per heavy atom. The first kappa shape index (κ1) is 23.2. The zero-order valence-corrected chi connectivity index (χ0v) is 15.7. The van der Waals surface area contributed by atoms with E-state index in [4.69, 9.17) is 4.74 Å². The average Bonchev–Trinajstić information content (AvgIpc) is 2.65. The van der Waals surface area contributed by atoms with Gasteiger partial charge in [0.05, 0.1) is 16.7 Å². The molecule has 1 amide bonds. The van der Waals surface area contributed by atoms with Gasteiger partial charge in [-0.25, -0.2) is 0 Å². The summed E-state index contributed by atoms with van der Waals surface area (Å²) in [6.07, 6.45) is -8.72. The fourth-order valence-electron chi connectivity index (χ4n) is 2.46. The normalized spacial score (nSPS) is 11.8. The van der Waals surface area contributed by atoms with E-state index in [0.717, 1.165) is 6.42 Å². The number of ether oxygens (including phenoxy) is 1. The Morgan fingerprint density at radius 2 is 1.50 bits per heavy atom. The molecular weight excluding hydrogens is 416 g/mol. The maximum absolute atomic E-state index is 13.0. The molecule has 1 N–H and O–H groups in total. The van der Waals surface area contributed by atoms with Crippen LogP contribution in [-0.4, -0.2) is 11.9 Å². The number of hydrogen-bond acceptors (Lipinski definition) is 3. The van der Waals surface area contributed by atoms with Gasteiger partial charge in [-0.3, -0.25) is 9.59 Å². The fraction of sp³-hybridized carbons (Fsp3) is 0.300. The van der Waals surface area contributed by atoms with Gasteiger partial charge < -0.3 is 10.1 Å². The van der Waals surface area contributed by atoms with Crippen LogP contribution in [0.1, 0.15) is 47.7 Å². The SMILES string of the molecule is CCCCC(=O)Oc1ccccc1C(=O)Nc1cc(C(F)(F)F)cc(C(F)(F)F)c1. The molecule has 2 rings (SSSR count). The van der Waals surface area contributed by atoms with Gasteiger partial charge in [-0.05, 0) is 36.8 Å². The number of carbonyl (C=O) groups excluding carboxylic acids is 2. The van der Waals surface area contributed by atoms with Crippen molar-refractivity contribution in [2.75, 3.05) is 5.32 Å². The van der Waals surface area contributed by atoms with Gasteiger partial charge in [0.2, 0.25) is 0 Å². The Bertz CT molecular complexity index is 889. The second-order valence-electron chi connectivity index (χ2n) is 6.32. The molecule has 162 valence electrons. The molecule has 2 aromatic carbocycles. The lowest BCUT2D eigenvalue weighted by atomic mass is 10.1. The number of esters is 1. The second kappa shape index (κ2) is 9.19. The number of unbranched alkanes of at least 4 members (excludes halogenated alkanes) is 1. The summed E-state index contributed by atoms with van der Waals surface area (Å²) in [5, 5.41) is 2.01. The number of benzene rings is 2. The summed E-state index contributed by atoms with van der Waals surface area (Å²) in [5.74, 6) is -1.80. The summed E-state index contributed by atoms with van der Waals surface area (Å²) in [6.45, 7) is 1.86. The van der Waals surface area contributed by atoms with Crippen LogP contribution in [0.4, 0.5) is 32.0 Å². The van der Waals surface area contributed by atoms with E-state index < -0.39 is 41.0 Å². The molecule has 0 aromatic heterocycles. The van der Waals surface area contributed by atoms with Crippen LogP contribution in [0, 0.1) is 0 Å². The average molecular weight is 433 g/mol. The van der Waals surface area contributed by atoms with Crippen LogP contribution in [-0.2, 0) is 17.1 Å². The van der Waals surface area contributed by atoms with Crippen LogP contribution in [0.3, 0.4) is 0 Å². The molecule has 0 bridgehead atoms. The first-order valence-electron chi connectivity index (χ1n) is 8.82. The monoisotopic (exact) mass is 433 g/mol. The Hall–Kier alpha value is -3.04. The van der Waals surface area contributed by atoms with Crippen molar-refractivity contribution < 1.29 is 40.7 Å². The van der Waals surface area contributed by atoms with Gasteiger partial charge in [0.15, 0.2) is 0 Å². The number of amides is 1. The van der Waals surface area contributed by atoms with Crippen molar-refractivity contribution >= 4 is 17.6 Å². The largest absolute Gasteiger partial charge is 0.426 e. The quantitative estimate of drug-likeness (QED) is 0.342. The van der Waals surface area contributed by atoms with Crippen molar-refractivity contribution in [2.24, 2.45) is 0 Å². The molecule has 0 aliphatic heterocycles. The van der Waals surface area contributed by atoms with Gasteiger partial charge in [-0.15, -0.1) is 0 Å². The Kier molecular flexibility index (Phi) is 7.12. The minimum absolute atomic E-state index is 0.0425. The highest BCUT2D eigenvalue weighted by atomic mass is 19.4. The number of rotatable bonds is 6. The topological polar surface area (TPSA) is 55.4 Å². The molecule has 0 heterocycles. The van der Waals surface area contributed by atoms with Crippen LogP contribution in [0.25, 0.3) is 0 Å². The van der Waals surface area contributed by atoms with Crippen LogP contribution >= 0.6 is 0 Å². The molecule has 0 aliphatic carbocycles. The second-order valence-corrected chi connectivity index (χ2v) is 6.32.